The van der Waals surface area contributed by atoms with Crippen LogP contribution in [-0.2, 0) is 4.79 Å². The Bertz CT molecular complexity index is 212. The number of hydrogen-bond acceptors (Lipinski definition) is 4. The van der Waals surface area contributed by atoms with Gasteiger partial charge in [-0.15, -0.1) is 12.6 Å². The summed E-state index contributed by atoms with van der Waals surface area (Å²) in [4.78, 5) is 11.0. The van der Waals surface area contributed by atoms with Gasteiger partial charge in [-0.25, -0.2) is 5.01 Å². The fraction of sp³-hybridized carbons (Fsp3) is 0.250. The summed E-state index contributed by atoms with van der Waals surface area (Å²) in [6.07, 6.45) is 0. The summed E-state index contributed by atoms with van der Waals surface area (Å²) in [5.74, 6) is 0.291. The van der Waals surface area contributed by atoms with Crippen molar-refractivity contribution in [3.8, 4) is 0 Å². The Kier molecular flexibility index (Phi) is 3.11. The van der Waals surface area contributed by atoms with Gasteiger partial charge in [0.25, 0.3) is 5.91 Å². The molecule has 1 aliphatic heterocycles. The van der Waals surface area contributed by atoms with Gasteiger partial charge >= 0.3 is 0 Å². The van der Waals surface area contributed by atoms with Crippen LogP contribution in [-0.4, -0.2) is 25.3 Å². The zero-order valence-electron chi connectivity index (χ0n) is 5.23. The Morgan fingerprint density at radius 1 is 1.82 bits per heavy atom. The van der Waals surface area contributed by atoms with E-state index in [9.17, 15) is 4.79 Å². The van der Waals surface area contributed by atoms with Crippen LogP contribution < -0.4 is 5.43 Å². The van der Waals surface area contributed by atoms with E-state index >= 15 is 0 Å². The summed E-state index contributed by atoms with van der Waals surface area (Å²) in [5, 5.41) is 1.23. The normalized spacial score (nSPS) is 17.4. The minimum absolute atomic E-state index is 0.0867. The van der Waals surface area contributed by atoms with Crippen molar-refractivity contribution in [2.45, 2.75) is 0 Å². The standard InChI is InChI=1S/C4H4N2OS4/c7-2-1-11-4(10)6(2)5-3(8)9/h1H2,(H2,5,8,9). The lowest BCUT2D eigenvalue weighted by atomic mass is 10.7. The lowest BCUT2D eigenvalue weighted by Crippen LogP contribution is -2.42. The van der Waals surface area contributed by atoms with Crippen LogP contribution in [0.25, 0.3) is 0 Å². The number of thiol groups is 1. The molecule has 1 amide bonds. The second kappa shape index (κ2) is 3.70. The highest BCUT2D eigenvalue weighted by molar-refractivity contribution is 8.24. The van der Waals surface area contributed by atoms with E-state index in [0.29, 0.717) is 10.1 Å². The maximum Gasteiger partial charge on any atom is 0.257 e. The molecule has 7 heteroatoms. The molecule has 0 aromatic carbocycles. The Hall–Kier alpha value is 0.150. The van der Waals surface area contributed by atoms with E-state index in [1.54, 1.807) is 0 Å². The zero-order chi connectivity index (χ0) is 8.43. The summed E-state index contributed by atoms with van der Waals surface area (Å²) in [7, 11) is 0. The number of thiocarbonyl (C=S) groups is 2. The first-order valence-electron chi connectivity index (χ1n) is 2.60. The molecule has 1 aliphatic rings. The molecule has 0 aromatic rings. The van der Waals surface area contributed by atoms with Gasteiger partial charge in [-0.1, -0.05) is 36.2 Å². The molecule has 0 radical (unpaired) electrons. The number of hydrazine groups is 1. The van der Waals surface area contributed by atoms with E-state index in [-0.39, 0.29) is 10.2 Å². The molecule has 60 valence electrons. The van der Waals surface area contributed by atoms with Gasteiger partial charge < -0.3 is 0 Å². The molecule has 3 nitrogen and oxygen atoms in total. The summed E-state index contributed by atoms with van der Waals surface area (Å²) in [6, 6.07) is 0. The van der Waals surface area contributed by atoms with Crippen LogP contribution in [0.5, 0.6) is 0 Å². The van der Waals surface area contributed by atoms with E-state index < -0.39 is 0 Å². The number of hydrogen-bond donors (Lipinski definition) is 2. The van der Waals surface area contributed by atoms with E-state index in [2.05, 4.69) is 30.3 Å². The van der Waals surface area contributed by atoms with Crippen LogP contribution in [0.2, 0.25) is 0 Å². The Labute approximate surface area is 84.3 Å². The second-order valence-corrected chi connectivity index (χ2v) is 4.47. The third-order valence-corrected chi connectivity index (χ3v) is 2.51. The van der Waals surface area contributed by atoms with Crippen LogP contribution >= 0.6 is 48.8 Å². The van der Waals surface area contributed by atoms with Gasteiger partial charge in [0.1, 0.15) is 4.32 Å². The molecule has 0 aromatic heterocycles. The Balaban J connectivity index is 2.62. The SMILES string of the molecule is O=C1CSC(=S)N1NC(=S)S. The van der Waals surface area contributed by atoms with Gasteiger partial charge in [-0.3, -0.25) is 10.2 Å². The van der Waals surface area contributed by atoms with E-state index in [1.165, 1.54) is 16.8 Å². The molecule has 1 heterocycles. The lowest BCUT2D eigenvalue weighted by Gasteiger charge is -2.14. The van der Waals surface area contributed by atoms with E-state index in [0.717, 1.165) is 0 Å². The predicted octanol–water partition coefficient (Wildman–Crippen LogP) is 0.566. The minimum atomic E-state index is -0.0867. The number of carbonyl (C=O) groups is 1. The fourth-order valence-corrected chi connectivity index (χ4v) is 1.73. The topological polar surface area (TPSA) is 32.3 Å². The van der Waals surface area contributed by atoms with Crippen molar-refractivity contribution < 1.29 is 4.79 Å². The number of thioether (sulfide) groups is 1. The molecule has 0 bridgehead atoms. The van der Waals surface area contributed by atoms with Crippen molar-refractivity contribution in [3.63, 3.8) is 0 Å². The molecule has 11 heavy (non-hydrogen) atoms. The van der Waals surface area contributed by atoms with Crippen molar-refractivity contribution in [1.82, 2.24) is 10.4 Å². The first-order valence-corrected chi connectivity index (χ1v) is 4.85. The minimum Gasteiger partial charge on any atom is -0.274 e. The van der Waals surface area contributed by atoms with Gasteiger partial charge in [0.2, 0.25) is 0 Å². The van der Waals surface area contributed by atoms with Gasteiger partial charge in [-0.05, 0) is 0 Å². The third kappa shape index (κ3) is 2.29. The molecular weight excluding hydrogens is 220 g/mol. The number of amides is 1. The average molecular weight is 224 g/mol. The number of nitrogens with zero attached hydrogens (tertiary/aromatic N) is 1. The van der Waals surface area contributed by atoms with Crippen LogP contribution in [0, 0.1) is 0 Å². The van der Waals surface area contributed by atoms with Crippen molar-refractivity contribution in [3.05, 3.63) is 0 Å². The van der Waals surface area contributed by atoms with Crippen LogP contribution in [0.4, 0.5) is 0 Å². The molecule has 0 atom stereocenters. The highest BCUT2D eigenvalue weighted by atomic mass is 32.2. The van der Waals surface area contributed by atoms with Crippen molar-refractivity contribution in [2.75, 3.05) is 5.75 Å². The van der Waals surface area contributed by atoms with Crippen molar-refractivity contribution in [1.29, 1.82) is 0 Å². The first kappa shape index (κ1) is 9.24. The zero-order valence-corrected chi connectivity index (χ0v) is 8.58. The van der Waals surface area contributed by atoms with Crippen molar-refractivity contribution >= 4 is 63.4 Å². The number of rotatable bonds is 1. The third-order valence-electron chi connectivity index (χ3n) is 0.959. The number of nitrogens with one attached hydrogen (secondary N) is 1. The number of carbonyl (C=O) groups excluding carboxylic acids is 1. The van der Waals surface area contributed by atoms with Gasteiger partial charge in [0, 0.05) is 0 Å². The van der Waals surface area contributed by atoms with Crippen LogP contribution in [0.15, 0.2) is 0 Å². The molecule has 0 spiro atoms. The maximum atomic E-state index is 11.0. The predicted molar refractivity (Wildman–Crippen MR) is 56.6 cm³/mol. The summed E-state index contributed by atoms with van der Waals surface area (Å²) in [6.45, 7) is 0. The fourth-order valence-electron chi connectivity index (χ4n) is 0.558. The molecular formula is C4H4N2OS4. The second-order valence-electron chi connectivity index (χ2n) is 1.70. The Morgan fingerprint density at radius 2 is 2.45 bits per heavy atom. The molecule has 0 unspecified atom stereocenters. The molecule has 0 aliphatic carbocycles. The quantitative estimate of drug-likeness (QED) is 0.502. The monoisotopic (exact) mass is 224 g/mol. The lowest BCUT2D eigenvalue weighted by molar-refractivity contribution is -0.125. The average Bonchev–Trinajstić information content (AvgIpc) is 2.18. The summed E-state index contributed by atoms with van der Waals surface area (Å²) < 4.78 is 0.731. The Morgan fingerprint density at radius 3 is 2.82 bits per heavy atom. The smallest absolute Gasteiger partial charge is 0.257 e. The first-order chi connectivity index (χ1) is 5.11. The highest BCUT2D eigenvalue weighted by Crippen LogP contribution is 2.16. The summed E-state index contributed by atoms with van der Waals surface area (Å²) in [5.41, 5.74) is 2.56. The molecule has 1 rings (SSSR count). The maximum absolute atomic E-state index is 11.0. The largest absolute Gasteiger partial charge is 0.274 e. The molecule has 1 N–H and O–H groups in total. The van der Waals surface area contributed by atoms with Gasteiger partial charge in [-0.2, -0.15) is 0 Å². The van der Waals surface area contributed by atoms with Gasteiger partial charge in [0.15, 0.2) is 4.32 Å². The molecule has 1 fully saturated rings. The summed E-state index contributed by atoms with van der Waals surface area (Å²) >= 11 is 14.6. The molecule has 0 saturated carbocycles. The van der Waals surface area contributed by atoms with E-state index in [4.69, 9.17) is 12.2 Å². The highest BCUT2D eigenvalue weighted by Gasteiger charge is 2.26. The van der Waals surface area contributed by atoms with Gasteiger partial charge in [0.05, 0.1) is 5.75 Å². The van der Waals surface area contributed by atoms with Crippen LogP contribution in [0.1, 0.15) is 0 Å². The van der Waals surface area contributed by atoms with E-state index in [1.807, 2.05) is 0 Å². The van der Waals surface area contributed by atoms with Crippen LogP contribution in [0.3, 0.4) is 0 Å². The van der Waals surface area contributed by atoms with Crippen molar-refractivity contribution in [2.24, 2.45) is 0 Å². The molecule has 1 saturated heterocycles.